The van der Waals surface area contributed by atoms with E-state index in [0.717, 1.165) is 0 Å². The molecule has 0 amide bonds. The van der Waals surface area contributed by atoms with Gasteiger partial charge in [-0.2, -0.15) is 13.2 Å². The highest BCUT2D eigenvalue weighted by molar-refractivity contribution is 7.91. The van der Waals surface area contributed by atoms with Crippen LogP contribution in [0.3, 0.4) is 0 Å². The Bertz CT molecular complexity index is 894. The molecule has 6 nitrogen and oxygen atoms in total. The first-order valence-electron chi connectivity index (χ1n) is 6.32. The fourth-order valence-electron chi connectivity index (χ4n) is 1.97. The minimum absolute atomic E-state index is 0.220. The zero-order valence-corrected chi connectivity index (χ0v) is 12.9. The van der Waals surface area contributed by atoms with E-state index in [1.54, 1.807) is 0 Å². The molecule has 0 aliphatic carbocycles. The minimum Gasteiger partial charge on any atom is -0.497 e. The summed E-state index contributed by atoms with van der Waals surface area (Å²) in [4.78, 5) is 8.74. The van der Waals surface area contributed by atoms with Crippen LogP contribution in [-0.4, -0.2) is 20.5 Å². The van der Waals surface area contributed by atoms with Gasteiger partial charge in [0.25, 0.3) is 5.69 Å². The number of benzene rings is 2. The van der Waals surface area contributed by atoms with Crippen LogP contribution >= 0.6 is 0 Å². The Hall–Kier alpha value is -2.62. The molecule has 0 saturated heterocycles. The lowest BCUT2D eigenvalue weighted by Gasteiger charge is -2.10. The van der Waals surface area contributed by atoms with E-state index in [2.05, 4.69) is 0 Å². The van der Waals surface area contributed by atoms with E-state index in [-0.39, 0.29) is 10.6 Å². The van der Waals surface area contributed by atoms with Crippen LogP contribution in [-0.2, 0) is 16.0 Å². The van der Waals surface area contributed by atoms with Crippen LogP contribution in [0.2, 0.25) is 0 Å². The van der Waals surface area contributed by atoms with Gasteiger partial charge in [-0.1, -0.05) is 6.07 Å². The summed E-state index contributed by atoms with van der Waals surface area (Å²) < 4.78 is 68.2. The van der Waals surface area contributed by atoms with Gasteiger partial charge < -0.3 is 4.74 Å². The number of rotatable bonds is 4. The number of alkyl halides is 3. The Kier molecular flexibility index (Phi) is 4.52. The van der Waals surface area contributed by atoms with Gasteiger partial charge in [0.1, 0.15) is 11.3 Å². The number of hydrogen-bond acceptors (Lipinski definition) is 5. The number of nitrogens with zero attached hydrogens (tertiary/aromatic N) is 1. The normalized spacial score (nSPS) is 12.0. The van der Waals surface area contributed by atoms with E-state index in [1.807, 2.05) is 0 Å². The molecule has 0 heterocycles. The standard InChI is InChI=1S/C14H10F3NO5S/c1-23-9-3-2-4-10(7-9)24(21,22)11-5-6-12(14(15,16)17)13(8-11)18(19)20/h2-8H,1H3. The van der Waals surface area contributed by atoms with Crippen molar-refractivity contribution in [1.29, 1.82) is 0 Å². The second-order valence-electron chi connectivity index (χ2n) is 4.62. The van der Waals surface area contributed by atoms with E-state index >= 15 is 0 Å². The third-order valence-electron chi connectivity index (χ3n) is 3.13. The summed E-state index contributed by atoms with van der Waals surface area (Å²) in [6.07, 6.45) is -4.97. The van der Waals surface area contributed by atoms with Gasteiger partial charge in [0.05, 0.1) is 21.8 Å². The summed E-state index contributed by atoms with van der Waals surface area (Å²) in [6, 6.07) is 6.70. The zero-order chi connectivity index (χ0) is 18.1. The molecular formula is C14H10F3NO5S. The fourth-order valence-corrected chi connectivity index (χ4v) is 3.29. The van der Waals surface area contributed by atoms with Crippen molar-refractivity contribution in [2.24, 2.45) is 0 Å². The van der Waals surface area contributed by atoms with Gasteiger partial charge in [0, 0.05) is 6.07 Å². The predicted molar refractivity (Wildman–Crippen MR) is 76.5 cm³/mol. The van der Waals surface area contributed by atoms with Crippen molar-refractivity contribution in [3.05, 3.63) is 58.1 Å². The molecule has 0 aliphatic heterocycles. The Morgan fingerprint density at radius 3 is 2.25 bits per heavy atom. The average molecular weight is 361 g/mol. The van der Waals surface area contributed by atoms with Gasteiger partial charge in [0.2, 0.25) is 9.84 Å². The molecule has 24 heavy (non-hydrogen) atoms. The second kappa shape index (κ2) is 6.11. The maximum absolute atomic E-state index is 12.8. The lowest BCUT2D eigenvalue weighted by molar-refractivity contribution is -0.388. The highest BCUT2D eigenvalue weighted by Crippen LogP contribution is 2.38. The molecule has 2 aromatic carbocycles. The Morgan fingerprint density at radius 1 is 1.08 bits per heavy atom. The highest BCUT2D eigenvalue weighted by Gasteiger charge is 2.39. The van der Waals surface area contributed by atoms with Crippen LogP contribution in [0, 0.1) is 10.1 Å². The van der Waals surface area contributed by atoms with E-state index in [1.165, 1.54) is 31.4 Å². The van der Waals surface area contributed by atoms with E-state index in [4.69, 9.17) is 4.74 Å². The number of sulfone groups is 1. The van der Waals surface area contributed by atoms with Crippen LogP contribution in [0.5, 0.6) is 5.75 Å². The topological polar surface area (TPSA) is 86.5 Å². The Labute approximate surface area is 134 Å². The van der Waals surface area contributed by atoms with Gasteiger partial charge in [-0.15, -0.1) is 0 Å². The summed E-state index contributed by atoms with van der Waals surface area (Å²) in [5.41, 5.74) is -2.84. The summed E-state index contributed by atoms with van der Waals surface area (Å²) in [6.45, 7) is 0. The third kappa shape index (κ3) is 3.32. The smallest absolute Gasteiger partial charge is 0.422 e. The van der Waals surface area contributed by atoms with Crippen molar-refractivity contribution in [2.75, 3.05) is 7.11 Å². The van der Waals surface area contributed by atoms with E-state index in [9.17, 15) is 31.7 Å². The fraction of sp³-hybridized carbons (Fsp3) is 0.143. The van der Waals surface area contributed by atoms with Gasteiger partial charge in [-0.3, -0.25) is 10.1 Å². The molecule has 2 aromatic rings. The lowest BCUT2D eigenvalue weighted by Crippen LogP contribution is -2.11. The molecule has 2 rings (SSSR count). The molecule has 10 heteroatoms. The maximum Gasteiger partial charge on any atom is 0.422 e. The van der Waals surface area contributed by atoms with E-state index in [0.29, 0.717) is 18.2 Å². The number of nitro groups is 1. The summed E-state index contributed by atoms with van der Waals surface area (Å²) in [5, 5.41) is 10.9. The van der Waals surface area contributed by atoms with Crippen molar-refractivity contribution in [1.82, 2.24) is 0 Å². The average Bonchev–Trinajstić information content (AvgIpc) is 2.53. The molecule has 0 aromatic heterocycles. The van der Waals surface area contributed by atoms with Gasteiger partial charge in [-0.25, -0.2) is 8.42 Å². The van der Waals surface area contributed by atoms with Gasteiger partial charge in [-0.05, 0) is 30.3 Å². The molecule has 128 valence electrons. The molecule has 0 unspecified atom stereocenters. The molecule has 0 fully saturated rings. The first-order chi connectivity index (χ1) is 11.1. The Balaban J connectivity index is 2.63. The molecule has 0 bridgehead atoms. The number of halogens is 3. The second-order valence-corrected chi connectivity index (χ2v) is 6.57. The predicted octanol–water partition coefficient (Wildman–Crippen LogP) is 3.46. The highest BCUT2D eigenvalue weighted by atomic mass is 32.2. The molecule has 0 aliphatic rings. The van der Waals surface area contributed by atoms with Crippen molar-refractivity contribution < 1.29 is 31.2 Å². The maximum atomic E-state index is 12.8. The van der Waals surface area contributed by atoms with Crippen LogP contribution in [0.15, 0.2) is 52.3 Å². The molecule has 0 saturated carbocycles. The number of hydrogen-bond donors (Lipinski definition) is 0. The van der Waals surface area contributed by atoms with Crippen LogP contribution in [0.4, 0.5) is 18.9 Å². The van der Waals surface area contributed by atoms with Crippen molar-refractivity contribution in [2.45, 2.75) is 16.0 Å². The molecule has 0 radical (unpaired) electrons. The molecule has 0 atom stereocenters. The van der Waals surface area contributed by atoms with Crippen LogP contribution in [0.1, 0.15) is 5.56 Å². The largest absolute Gasteiger partial charge is 0.497 e. The molecular weight excluding hydrogens is 351 g/mol. The van der Waals surface area contributed by atoms with Crippen molar-refractivity contribution in [3.8, 4) is 5.75 Å². The minimum atomic E-state index is -4.97. The first kappa shape index (κ1) is 17.7. The van der Waals surface area contributed by atoms with Gasteiger partial charge >= 0.3 is 6.18 Å². The summed E-state index contributed by atoms with van der Waals surface area (Å²) >= 11 is 0. The number of ether oxygens (including phenoxy) is 1. The lowest BCUT2D eigenvalue weighted by atomic mass is 10.2. The molecule has 0 N–H and O–H groups in total. The van der Waals surface area contributed by atoms with Crippen LogP contribution in [0.25, 0.3) is 0 Å². The summed E-state index contributed by atoms with van der Waals surface area (Å²) in [7, 11) is -2.93. The zero-order valence-electron chi connectivity index (χ0n) is 12.1. The van der Waals surface area contributed by atoms with Crippen LogP contribution < -0.4 is 4.74 Å². The number of methoxy groups -OCH3 is 1. The SMILES string of the molecule is COc1cccc(S(=O)(=O)c2ccc(C(F)(F)F)c([N+](=O)[O-])c2)c1. The summed E-state index contributed by atoms with van der Waals surface area (Å²) in [5.74, 6) is 0.220. The molecule has 0 spiro atoms. The third-order valence-corrected chi connectivity index (χ3v) is 4.88. The number of nitro benzene ring substituents is 1. The van der Waals surface area contributed by atoms with Crippen molar-refractivity contribution >= 4 is 15.5 Å². The quantitative estimate of drug-likeness (QED) is 0.615. The van der Waals surface area contributed by atoms with E-state index < -0.39 is 37.1 Å². The van der Waals surface area contributed by atoms with Crippen molar-refractivity contribution in [3.63, 3.8) is 0 Å². The Morgan fingerprint density at radius 2 is 1.71 bits per heavy atom. The van der Waals surface area contributed by atoms with Gasteiger partial charge in [0.15, 0.2) is 0 Å². The first-order valence-corrected chi connectivity index (χ1v) is 7.80. The monoisotopic (exact) mass is 361 g/mol.